The number of hydrogen-bond donors (Lipinski definition) is 0. The maximum Gasteiger partial charge on any atom is 0.237 e. The molecule has 1 fully saturated rings. The molecule has 1 saturated carbocycles. The lowest BCUT2D eigenvalue weighted by molar-refractivity contribution is 0.307. The highest BCUT2D eigenvalue weighted by Crippen LogP contribution is 2.31. The zero-order valence-corrected chi connectivity index (χ0v) is 15.1. The Bertz CT molecular complexity index is 845. The van der Waals surface area contributed by atoms with Crippen LogP contribution in [-0.4, -0.2) is 30.3 Å². The second kappa shape index (κ2) is 7.53. The molecule has 0 spiro atoms. The van der Waals surface area contributed by atoms with Gasteiger partial charge in [0.05, 0.1) is 16.8 Å². The van der Waals surface area contributed by atoms with Gasteiger partial charge in [0.1, 0.15) is 0 Å². The number of benzene rings is 1. The van der Waals surface area contributed by atoms with Crippen LogP contribution in [0.5, 0.6) is 0 Å². The predicted octanol–water partition coefficient (Wildman–Crippen LogP) is 4.17. The average Bonchev–Trinajstić information content (AvgIpc) is 3.30. The fraction of sp³-hybridized carbons (Fsp3) is 0.438. The van der Waals surface area contributed by atoms with E-state index < -0.39 is 0 Å². The highest BCUT2D eigenvalue weighted by atomic mass is 35.5. The topological polar surface area (TPSA) is 82.5 Å². The van der Waals surface area contributed by atoms with Crippen LogP contribution in [0.25, 0.3) is 11.4 Å². The summed E-state index contributed by atoms with van der Waals surface area (Å²) in [6.07, 6.45) is 6.04. The zero-order valence-electron chi connectivity index (χ0n) is 13.5. The molecule has 9 heteroatoms. The molecule has 7 nitrogen and oxygen atoms in total. The van der Waals surface area contributed by atoms with E-state index in [1.165, 1.54) is 31.0 Å². The summed E-state index contributed by atoms with van der Waals surface area (Å²) in [5.74, 6) is 1.54. The Morgan fingerprint density at radius 2 is 2.04 bits per heavy atom. The van der Waals surface area contributed by atoms with Gasteiger partial charge in [-0.15, -0.1) is 5.10 Å². The van der Waals surface area contributed by atoms with Crippen molar-refractivity contribution in [1.29, 1.82) is 0 Å². The second-order valence-corrected chi connectivity index (χ2v) is 7.33. The molecule has 0 N–H and O–H groups in total. The molecule has 2 heterocycles. The Balaban J connectivity index is 1.44. The molecule has 1 aromatic carbocycles. The molecule has 3 aromatic rings. The van der Waals surface area contributed by atoms with Crippen LogP contribution < -0.4 is 0 Å². The first kappa shape index (κ1) is 16.5. The van der Waals surface area contributed by atoms with Crippen LogP contribution in [-0.2, 0) is 5.75 Å². The van der Waals surface area contributed by atoms with Gasteiger partial charge in [-0.1, -0.05) is 59.9 Å². The van der Waals surface area contributed by atoms with Crippen LogP contribution in [0.1, 0.15) is 44.0 Å². The van der Waals surface area contributed by atoms with E-state index in [1.54, 1.807) is 6.07 Å². The SMILES string of the molecule is Clc1ccccc1-c1noc(CSc2nnnn2C2CCCCC2)n1. The highest BCUT2D eigenvalue weighted by Gasteiger charge is 2.21. The van der Waals surface area contributed by atoms with E-state index in [-0.39, 0.29) is 0 Å². The molecule has 0 radical (unpaired) electrons. The van der Waals surface area contributed by atoms with E-state index in [1.807, 2.05) is 22.9 Å². The van der Waals surface area contributed by atoms with Gasteiger partial charge in [-0.3, -0.25) is 0 Å². The Morgan fingerprint density at radius 3 is 2.88 bits per heavy atom. The van der Waals surface area contributed by atoms with Gasteiger partial charge in [0.2, 0.25) is 16.9 Å². The number of thioether (sulfide) groups is 1. The molecule has 2 aromatic heterocycles. The van der Waals surface area contributed by atoms with Crippen molar-refractivity contribution in [3.05, 3.63) is 35.2 Å². The van der Waals surface area contributed by atoms with Gasteiger partial charge in [-0.2, -0.15) is 4.98 Å². The smallest absolute Gasteiger partial charge is 0.237 e. The molecule has 0 bridgehead atoms. The average molecular weight is 377 g/mol. The van der Waals surface area contributed by atoms with E-state index in [2.05, 4.69) is 25.7 Å². The van der Waals surface area contributed by atoms with Crippen LogP contribution in [0.2, 0.25) is 5.02 Å². The van der Waals surface area contributed by atoms with Crippen molar-refractivity contribution in [2.24, 2.45) is 0 Å². The van der Waals surface area contributed by atoms with Crippen molar-refractivity contribution in [1.82, 2.24) is 30.3 Å². The summed E-state index contributed by atoms with van der Waals surface area (Å²) in [6.45, 7) is 0. The summed E-state index contributed by atoms with van der Waals surface area (Å²) in [4.78, 5) is 4.42. The number of tetrazole rings is 1. The summed E-state index contributed by atoms with van der Waals surface area (Å²) < 4.78 is 7.28. The maximum absolute atomic E-state index is 6.18. The van der Waals surface area contributed by atoms with Crippen molar-refractivity contribution in [3.63, 3.8) is 0 Å². The number of rotatable bonds is 5. The Labute approximate surface area is 154 Å². The highest BCUT2D eigenvalue weighted by molar-refractivity contribution is 7.98. The van der Waals surface area contributed by atoms with Crippen LogP contribution in [0.4, 0.5) is 0 Å². The molecule has 0 saturated heterocycles. The lowest BCUT2D eigenvalue weighted by Crippen LogP contribution is -2.15. The van der Waals surface area contributed by atoms with E-state index in [0.29, 0.717) is 28.5 Å². The van der Waals surface area contributed by atoms with Gasteiger partial charge in [-0.25, -0.2) is 4.68 Å². The first-order valence-electron chi connectivity index (χ1n) is 8.29. The van der Waals surface area contributed by atoms with Gasteiger partial charge < -0.3 is 4.52 Å². The van der Waals surface area contributed by atoms with Crippen molar-refractivity contribution in [3.8, 4) is 11.4 Å². The number of hydrogen-bond acceptors (Lipinski definition) is 7. The fourth-order valence-corrected chi connectivity index (χ4v) is 4.03. The number of aromatic nitrogens is 6. The first-order chi connectivity index (χ1) is 12.3. The van der Waals surface area contributed by atoms with Crippen LogP contribution in [0, 0.1) is 0 Å². The molecule has 130 valence electrons. The third-order valence-electron chi connectivity index (χ3n) is 4.29. The van der Waals surface area contributed by atoms with E-state index >= 15 is 0 Å². The lowest BCUT2D eigenvalue weighted by Gasteiger charge is -2.21. The normalized spacial score (nSPS) is 15.6. The quantitative estimate of drug-likeness (QED) is 0.618. The van der Waals surface area contributed by atoms with Crippen molar-refractivity contribution < 1.29 is 4.52 Å². The zero-order chi connectivity index (χ0) is 17.1. The summed E-state index contributed by atoms with van der Waals surface area (Å²) in [7, 11) is 0. The predicted molar refractivity (Wildman–Crippen MR) is 94.2 cm³/mol. The van der Waals surface area contributed by atoms with E-state index in [0.717, 1.165) is 23.6 Å². The molecular formula is C16H17ClN6OS. The molecule has 1 aliphatic carbocycles. The largest absolute Gasteiger partial charge is 0.338 e. The Morgan fingerprint density at radius 1 is 1.20 bits per heavy atom. The third kappa shape index (κ3) is 3.69. The van der Waals surface area contributed by atoms with E-state index in [4.69, 9.17) is 16.1 Å². The molecule has 0 amide bonds. The van der Waals surface area contributed by atoms with Gasteiger partial charge in [-0.05, 0) is 35.4 Å². The second-order valence-electron chi connectivity index (χ2n) is 5.98. The van der Waals surface area contributed by atoms with Crippen LogP contribution in [0.3, 0.4) is 0 Å². The molecule has 0 aliphatic heterocycles. The summed E-state index contributed by atoms with van der Waals surface area (Å²) >= 11 is 7.69. The monoisotopic (exact) mass is 376 g/mol. The minimum atomic E-state index is 0.396. The number of halogens is 1. The minimum Gasteiger partial charge on any atom is -0.338 e. The maximum atomic E-state index is 6.18. The first-order valence-corrected chi connectivity index (χ1v) is 9.66. The molecule has 4 rings (SSSR count). The molecule has 0 unspecified atom stereocenters. The van der Waals surface area contributed by atoms with Crippen molar-refractivity contribution >= 4 is 23.4 Å². The summed E-state index contributed by atoms with van der Waals surface area (Å²) in [5.41, 5.74) is 0.760. The van der Waals surface area contributed by atoms with Gasteiger partial charge >= 0.3 is 0 Å². The van der Waals surface area contributed by atoms with Gasteiger partial charge in [0.25, 0.3) is 0 Å². The van der Waals surface area contributed by atoms with E-state index in [9.17, 15) is 0 Å². The van der Waals surface area contributed by atoms with Crippen LogP contribution in [0.15, 0.2) is 33.9 Å². The Kier molecular flexibility index (Phi) is 4.98. The van der Waals surface area contributed by atoms with Crippen LogP contribution >= 0.6 is 23.4 Å². The molecule has 1 aliphatic rings. The lowest BCUT2D eigenvalue weighted by atomic mass is 9.96. The molecular weight excluding hydrogens is 360 g/mol. The summed E-state index contributed by atoms with van der Waals surface area (Å²) in [6, 6.07) is 7.83. The Hall–Kier alpha value is -1.93. The standard InChI is InChI=1S/C16H17ClN6OS/c17-13-9-5-4-8-12(13)15-18-14(24-20-15)10-25-16-19-21-22-23(16)11-6-2-1-3-7-11/h4-5,8-9,11H,1-3,6-7,10H2. The minimum absolute atomic E-state index is 0.396. The molecule has 0 atom stereocenters. The van der Waals surface area contributed by atoms with Gasteiger partial charge in [0, 0.05) is 5.56 Å². The molecule has 25 heavy (non-hydrogen) atoms. The number of nitrogens with zero attached hydrogens (tertiary/aromatic N) is 6. The fourth-order valence-electron chi connectivity index (χ4n) is 3.03. The summed E-state index contributed by atoms with van der Waals surface area (Å²) in [5, 5.41) is 17.6. The van der Waals surface area contributed by atoms with Crippen molar-refractivity contribution in [2.45, 2.75) is 49.1 Å². The third-order valence-corrected chi connectivity index (χ3v) is 5.54. The van der Waals surface area contributed by atoms with Crippen molar-refractivity contribution in [2.75, 3.05) is 0 Å². The van der Waals surface area contributed by atoms with Gasteiger partial charge in [0.15, 0.2) is 0 Å².